The van der Waals surface area contributed by atoms with Crippen LogP contribution < -0.4 is 15.8 Å². The largest absolute Gasteiger partial charge is 0.573 e. The molecule has 0 heterocycles. The minimum absolute atomic E-state index is 0.0323. The molecule has 1 aromatic carbocycles. The van der Waals surface area contributed by atoms with Gasteiger partial charge in [0.05, 0.1) is 0 Å². The van der Waals surface area contributed by atoms with Crippen molar-refractivity contribution in [3.8, 4) is 5.75 Å². The number of halogens is 3. The predicted octanol–water partition coefficient (Wildman–Crippen LogP) is 3.26. The number of nitrogens with one attached hydrogen (secondary N) is 1. The molecule has 0 aliphatic carbocycles. The third-order valence-electron chi connectivity index (χ3n) is 2.67. The maximum atomic E-state index is 12.0. The zero-order chi connectivity index (χ0) is 16.1. The van der Waals surface area contributed by atoms with Crippen molar-refractivity contribution in [1.29, 1.82) is 0 Å². The molecule has 0 saturated heterocycles. The lowest BCUT2D eigenvalue weighted by Gasteiger charge is -2.22. The summed E-state index contributed by atoms with van der Waals surface area (Å²) >= 11 is 0. The number of benzene rings is 1. The van der Waals surface area contributed by atoms with Crippen molar-refractivity contribution in [3.05, 3.63) is 24.3 Å². The summed E-state index contributed by atoms with van der Waals surface area (Å²) in [6, 6.07) is 4.71. The Morgan fingerprint density at radius 2 is 1.86 bits per heavy atom. The molecule has 21 heavy (non-hydrogen) atoms. The molecule has 0 saturated carbocycles. The number of alkyl halides is 3. The Kier molecular flexibility index (Phi) is 5.42. The molecule has 0 aromatic heterocycles. The van der Waals surface area contributed by atoms with Crippen molar-refractivity contribution in [2.45, 2.75) is 32.2 Å². The summed E-state index contributed by atoms with van der Waals surface area (Å²) in [6.45, 7) is 3.63. The first-order valence-corrected chi connectivity index (χ1v) is 6.20. The number of amides is 1. The fourth-order valence-corrected chi connectivity index (χ4v) is 1.23. The second-order valence-electron chi connectivity index (χ2n) is 4.78. The molecule has 1 rings (SSSR count). The molecule has 1 aromatic rings. The van der Waals surface area contributed by atoms with E-state index in [1.54, 1.807) is 6.92 Å². The monoisotopic (exact) mass is 306 g/mol. The second kappa shape index (κ2) is 6.66. The molecule has 0 spiro atoms. The van der Waals surface area contributed by atoms with E-state index in [1.165, 1.54) is 12.1 Å². The summed E-state index contributed by atoms with van der Waals surface area (Å²) in [4.78, 5) is 11.5. The Bertz CT molecular complexity index is 473. The summed E-state index contributed by atoms with van der Waals surface area (Å²) in [5, 5.41) is 2.38. The summed E-state index contributed by atoms with van der Waals surface area (Å²) in [5.74, 6) is -0.373. The van der Waals surface area contributed by atoms with E-state index in [2.05, 4.69) is 10.1 Å². The summed E-state index contributed by atoms with van der Waals surface area (Å²) in [7, 11) is 0. The van der Waals surface area contributed by atoms with Crippen LogP contribution in [0.2, 0.25) is 0 Å². The van der Waals surface area contributed by atoms with Crippen LogP contribution in [0.15, 0.2) is 24.3 Å². The molecule has 8 heteroatoms. The Labute approximate surface area is 120 Å². The topological polar surface area (TPSA) is 73.6 Å². The van der Waals surface area contributed by atoms with E-state index in [0.717, 1.165) is 12.1 Å². The summed E-state index contributed by atoms with van der Waals surface area (Å²) in [6.07, 6.45) is -4.85. The van der Waals surface area contributed by atoms with E-state index in [4.69, 9.17) is 10.5 Å². The highest BCUT2D eigenvalue weighted by Gasteiger charge is 2.31. The molecule has 0 fully saturated rings. The third-order valence-corrected chi connectivity index (χ3v) is 2.67. The van der Waals surface area contributed by atoms with Gasteiger partial charge in [-0.3, -0.25) is 5.32 Å². The molecule has 3 N–H and O–H groups in total. The van der Waals surface area contributed by atoms with Crippen molar-refractivity contribution in [2.24, 2.45) is 5.73 Å². The van der Waals surface area contributed by atoms with E-state index in [-0.39, 0.29) is 18.0 Å². The van der Waals surface area contributed by atoms with Gasteiger partial charge in [0.1, 0.15) is 12.4 Å². The van der Waals surface area contributed by atoms with Crippen molar-refractivity contribution < 1.29 is 27.4 Å². The number of hydrogen-bond donors (Lipinski definition) is 2. The molecule has 118 valence electrons. The quantitative estimate of drug-likeness (QED) is 0.875. The number of hydrogen-bond acceptors (Lipinski definition) is 4. The SMILES string of the molecule is CCC(C)(N)COC(=O)Nc1ccc(OC(F)(F)F)cc1. The average Bonchev–Trinajstić information content (AvgIpc) is 2.37. The van der Waals surface area contributed by atoms with Gasteiger partial charge < -0.3 is 15.2 Å². The minimum Gasteiger partial charge on any atom is -0.447 e. The van der Waals surface area contributed by atoms with Gasteiger partial charge in [0.15, 0.2) is 0 Å². The average molecular weight is 306 g/mol. The predicted molar refractivity (Wildman–Crippen MR) is 71.0 cm³/mol. The number of nitrogens with two attached hydrogens (primary N) is 1. The lowest BCUT2D eigenvalue weighted by atomic mass is 10.0. The number of carbonyl (C=O) groups is 1. The Morgan fingerprint density at radius 3 is 2.33 bits per heavy atom. The van der Waals surface area contributed by atoms with E-state index in [1.807, 2.05) is 6.92 Å². The van der Waals surface area contributed by atoms with Crippen LogP contribution >= 0.6 is 0 Å². The molecular formula is C13H17F3N2O3. The Hall–Kier alpha value is -1.96. The van der Waals surface area contributed by atoms with Crippen LogP contribution in [-0.2, 0) is 4.74 Å². The maximum absolute atomic E-state index is 12.0. The van der Waals surface area contributed by atoms with Crippen LogP contribution in [0, 0.1) is 0 Å². The first kappa shape index (κ1) is 17.1. The number of anilines is 1. The smallest absolute Gasteiger partial charge is 0.447 e. The molecule has 1 unspecified atom stereocenters. The lowest BCUT2D eigenvalue weighted by Crippen LogP contribution is -2.41. The number of ether oxygens (including phenoxy) is 2. The van der Waals surface area contributed by atoms with Gasteiger partial charge in [-0.15, -0.1) is 13.2 Å². The lowest BCUT2D eigenvalue weighted by molar-refractivity contribution is -0.274. The van der Waals surface area contributed by atoms with Crippen molar-refractivity contribution in [1.82, 2.24) is 0 Å². The van der Waals surface area contributed by atoms with Crippen molar-refractivity contribution >= 4 is 11.8 Å². The van der Waals surface area contributed by atoms with Crippen LogP contribution in [0.5, 0.6) is 5.75 Å². The van der Waals surface area contributed by atoms with Crippen LogP contribution in [-0.4, -0.2) is 24.6 Å². The molecular weight excluding hydrogens is 289 g/mol. The van der Waals surface area contributed by atoms with E-state index in [0.29, 0.717) is 6.42 Å². The number of carbonyl (C=O) groups excluding carboxylic acids is 1. The van der Waals surface area contributed by atoms with E-state index >= 15 is 0 Å². The van der Waals surface area contributed by atoms with Crippen LogP contribution in [0.3, 0.4) is 0 Å². The van der Waals surface area contributed by atoms with Gasteiger partial charge in [0.25, 0.3) is 0 Å². The molecule has 0 radical (unpaired) electrons. The van der Waals surface area contributed by atoms with Crippen molar-refractivity contribution in [3.63, 3.8) is 0 Å². The zero-order valence-corrected chi connectivity index (χ0v) is 11.7. The van der Waals surface area contributed by atoms with E-state index in [9.17, 15) is 18.0 Å². The van der Waals surface area contributed by atoms with Gasteiger partial charge in [-0.05, 0) is 37.6 Å². The van der Waals surface area contributed by atoms with Crippen molar-refractivity contribution in [2.75, 3.05) is 11.9 Å². The van der Waals surface area contributed by atoms with Gasteiger partial charge in [-0.2, -0.15) is 0 Å². The fraction of sp³-hybridized carbons (Fsp3) is 0.462. The summed E-state index contributed by atoms with van der Waals surface area (Å²) < 4.78 is 44.6. The maximum Gasteiger partial charge on any atom is 0.573 e. The van der Waals surface area contributed by atoms with Gasteiger partial charge in [-0.1, -0.05) is 6.92 Å². The normalized spacial score (nSPS) is 14.2. The minimum atomic E-state index is -4.75. The highest BCUT2D eigenvalue weighted by Crippen LogP contribution is 2.24. The fourth-order valence-electron chi connectivity index (χ4n) is 1.23. The highest BCUT2D eigenvalue weighted by atomic mass is 19.4. The first-order chi connectivity index (χ1) is 9.61. The molecule has 0 bridgehead atoms. The first-order valence-electron chi connectivity index (χ1n) is 6.20. The van der Waals surface area contributed by atoms with Gasteiger partial charge in [-0.25, -0.2) is 4.79 Å². The van der Waals surface area contributed by atoms with Gasteiger partial charge >= 0.3 is 12.5 Å². The molecule has 0 aliphatic heterocycles. The molecule has 0 aliphatic rings. The number of rotatable bonds is 5. The third kappa shape index (κ3) is 6.84. The molecule has 1 atom stereocenters. The highest BCUT2D eigenvalue weighted by molar-refractivity contribution is 5.84. The van der Waals surface area contributed by atoms with Gasteiger partial charge in [0.2, 0.25) is 0 Å². The second-order valence-corrected chi connectivity index (χ2v) is 4.78. The van der Waals surface area contributed by atoms with Crippen LogP contribution in [0.25, 0.3) is 0 Å². The van der Waals surface area contributed by atoms with E-state index < -0.39 is 18.0 Å². The Morgan fingerprint density at radius 1 is 1.29 bits per heavy atom. The summed E-state index contributed by atoms with van der Waals surface area (Å²) in [5.41, 5.74) is 5.47. The standard InChI is InChI=1S/C13H17F3N2O3/c1-3-12(2,17)8-20-11(19)18-9-4-6-10(7-5-9)21-13(14,15)16/h4-7H,3,8,17H2,1-2H3,(H,18,19). The molecule has 1 amide bonds. The van der Waals surface area contributed by atoms with Gasteiger partial charge in [0, 0.05) is 11.2 Å². The van der Waals surface area contributed by atoms with Crippen LogP contribution in [0.1, 0.15) is 20.3 Å². The zero-order valence-electron chi connectivity index (χ0n) is 11.7. The molecule has 5 nitrogen and oxygen atoms in total. The Balaban J connectivity index is 2.50. The van der Waals surface area contributed by atoms with Crippen LogP contribution in [0.4, 0.5) is 23.7 Å².